The molecule has 16 heavy (non-hydrogen) atoms. The van der Waals surface area contributed by atoms with Crippen LogP contribution in [-0.4, -0.2) is 26.3 Å². The molecule has 1 aromatic rings. The number of halogens is 2. The molecule has 1 aromatic carbocycles. The lowest BCUT2D eigenvalue weighted by Gasteiger charge is -2.22. The lowest BCUT2D eigenvalue weighted by Crippen LogP contribution is -2.36. The van der Waals surface area contributed by atoms with Crippen LogP contribution in [0.5, 0.6) is 5.75 Å². The van der Waals surface area contributed by atoms with Crippen LogP contribution in [-0.2, 0) is 4.74 Å². The van der Waals surface area contributed by atoms with Gasteiger partial charge < -0.3 is 14.8 Å². The van der Waals surface area contributed by atoms with E-state index in [0.717, 1.165) is 12.6 Å². The first-order valence-electron chi connectivity index (χ1n) is 5.02. The number of hydrogen-bond acceptors (Lipinski definition) is 3. The summed E-state index contributed by atoms with van der Waals surface area (Å²) in [6.45, 7) is 2.51. The summed E-state index contributed by atoms with van der Waals surface area (Å²) in [5, 5.41) is 3.43. The number of rotatable bonds is 3. The van der Waals surface area contributed by atoms with Gasteiger partial charge in [0.1, 0.15) is 24.3 Å². The Labute approximate surface area is 98.5 Å². The van der Waals surface area contributed by atoms with E-state index < -0.39 is 0 Å². The van der Waals surface area contributed by atoms with E-state index in [1.807, 2.05) is 0 Å². The summed E-state index contributed by atoms with van der Waals surface area (Å²) in [7, 11) is 0. The second-order valence-corrected chi connectivity index (χ2v) is 3.83. The van der Waals surface area contributed by atoms with Gasteiger partial charge in [-0.1, -0.05) is 11.6 Å². The minimum atomic E-state index is -0.374. The van der Waals surface area contributed by atoms with Crippen molar-refractivity contribution >= 4 is 11.6 Å². The molecule has 0 unspecified atom stereocenters. The van der Waals surface area contributed by atoms with Crippen LogP contribution in [0.25, 0.3) is 0 Å². The van der Waals surface area contributed by atoms with Gasteiger partial charge in [0.05, 0.1) is 11.6 Å². The number of ether oxygens (including phenoxy) is 2. The average Bonchev–Trinajstić information content (AvgIpc) is 2.29. The molecule has 1 saturated heterocycles. The highest BCUT2D eigenvalue weighted by Gasteiger charge is 2.16. The first-order chi connectivity index (χ1) is 7.75. The van der Waals surface area contributed by atoms with Crippen molar-refractivity contribution in [1.29, 1.82) is 0 Å². The van der Waals surface area contributed by atoms with Gasteiger partial charge in [0.2, 0.25) is 0 Å². The lowest BCUT2D eigenvalue weighted by atomic mass is 10.3. The SMILES string of the molecule is Fc1ccc(OC[C]2CNCCO2)c(Cl)c1. The Morgan fingerprint density at radius 3 is 3.06 bits per heavy atom. The minimum absolute atomic E-state index is 0.268. The molecule has 5 heteroatoms. The predicted octanol–water partition coefficient (Wildman–Crippen LogP) is 2.01. The summed E-state index contributed by atoms with van der Waals surface area (Å²) in [4.78, 5) is 0. The van der Waals surface area contributed by atoms with E-state index in [1.165, 1.54) is 18.2 Å². The van der Waals surface area contributed by atoms with Gasteiger partial charge in [-0.25, -0.2) is 4.39 Å². The standard InChI is InChI=1S/C11H12ClFNO2/c12-10-5-8(13)1-2-11(10)16-7-9-6-14-3-4-15-9/h1-2,5,14H,3-4,6-7H2. The molecule has 0 bridgehead atoms. The van der Waals surface area contributed by atoms with Crippen LogP contribution < -0.4 is 10.1 Å². The molecule has 1 aliphatic rings. The largest absolute Gasteiger partial charge is 0.489 e. The molecule has 0 atom stereocenters. The van der Waals surface area contributed by atoms with Crippen molar-refractivity contribution in [3.05, 3.63) is 35.1 Å². The fraction of sp³-hybridized carbons (Fsp3) is 0.364. The zero-order chi connectivity index (χ0) is 11.4. The molecule has 1 heterocycles. The Hall–Kier alpha value is -0.840. The smallest absolute Gasteiger partial charge is 0.148 e. The van der Waals surface area contributed by atoms with Crippen LogP contribution >= 0.6 is 11.6 Å². The third kappa shape index (κ3) is 3.07. The Bertz CT molecular complexity index is 356. The zero-order valence-electron chi connectivity index (χ0n) is 8.63. The maximum atomic E-state index is 12.8. The fourth-order valence-electron chi connectivity index (χ4n) is 1.39. The van der Waals surface area contributed by atoms with E-state index in [4.69, 9.17) is 21.1 Å². The third-order valence-corrected chi connectivity index (χ3v) is 2.49. The maximum Gasteiger partial charge on any atom is 0.148 e. The molecule has 87 valence electrons. The van der Waals surface area contributed by atoms with Gasteiger partial charge in [-0.2, -0.15) is 0 Å². The van der Waals surface area contributed by atoms with Gasteiger partial charge in [0.25, 0.3) is 0 Å². The molecule has 3 nitrogen and oxygen atoms in total. The topological polar surface area (TPSA) is 30.5 Å². The van der Waals surface area contributed by atoms with Crippen molar-refractivity contribution in [3.63, 3.8) is 0 Å². The van der Waals surface area contributed by atoms with E-state index >= 15 is 0 Å². The summed E-state index contributed by atoms with van der Waals surface area (Å²) < 4.78 is 23.6. The fourth-order valence-corrected chi connectivity index (χ4v) is 1.61. The zero-order valence-corrected chi connectivity index (χ0v) is 9.39. The average molecular weight is 245 g/mol. The van der Waals surface area contributed by atoms with Crippen molar-refractivity contribution in [2.75, 3.05) is 26.3 Å². The first kappa shape index (κ1) is 11.6. The van der Waals surface area contributed by atoms with E-state index in [2.05, 4.69) is 5.32 Å². The molecule has 1 aliphatic heterocycles. The predicted molar refractivity (Wildman–Crippen MR) is 59.0 cm³/mol. The van der Waals surface area contributed by atoms with Gasteiger partial charge in [-0.05, 0) is 18.2 Å². The second-order valence-electron chi connectivity index (χ2n) is 3.43. The molecular weight excluding hydrogens is 233 g/mol. The Morgan fingerprint density at radius 1 is 1.50 bits per heavy atom. The highest BCUT2D eigenvalue weighted by molar-refractivity contribution is 6.32. The van der Waals surface area contributed by atoms with Crippen LogP contribution in [0.15, 0.2) is 18.2 Å². The molecule has 0 spiro atoms. The van der Waals surface area contributed by atoms with Crippen molar-refractivity contribution < 1.29 is 13.9 Å². The van der Waals surface area contributed by atoms with E-state index in [1.54, 1.807) is 0 Å². The van der Waals surface area contributed by atoms with Crippen molar-refractivity contribution in [3.8, 4) is 5.75 Å². The van der Waals surface area contributed by atoms with Crippen LogP contribution in [0.2, 0.25) is 5.02 Å². The van der Waals surface area contributed by atoms with Crippen LogP contribution in [0, 0.1) is 11.9 Å². The third-order valence-electron chi connectivity index (χ3n) is 2.19. The highest BCUT2D eigenvalue weighted by Crippen LogP contribution is 2.25. The van der Waals surface area contributed by atoms with E-state index in [-0.39, 0.29) is 10.8 Å². The molecule has 0 saturated carbocycles. The van der Waals surface area contributed by atoms with Crippen molar-refractivity contribution in [1.82, 2.24) is 5.32 Å². The Kier molecular flexibility index (Phi) is 3.98. The summed E-state index contributed by atoms with van der Waals surface area (Å²) in [6.07, 6.45) is 0.826. The summed E-state index contributed by atoms with van der Waals surface area (Å²) in [5.41, 5.74) is 0. The Balaban J connectivity index is 1.88. The summed E-state index contributed by atoms with van der Waals surface area (Å²) >= 11 is 5.82. The molecule has 0 amide bonds. The van der Waals surface area contributed by atoms with Crippen LogP contribution in [0.3, 0.4) is 0 Å². The van der Waals surface area contributed by atoms with E-state index in [0.29, 0.717) is 25.5 Å². The first-order valence-corrected chi connectivity index (χ1v) is 5.39. The maximum absolute atomic E-state index is 12.8. The van der Waals surface area contributed by atoms with E-state index in [9.17, 15) is 4.39 Å². The molecule has 2 rings (SSSR count). The normalized spacial score (nSPS) is 17.4. The van der Waals surface area contributed by atoms with Gasteiger partial charge >= 0.3 is 0 Å². The van der Waals surface area contributed by atoms with Crippen molar-refractivity contribution in [2.45, 2.75) is 0 Å². The molecule has 1 radical (unpaired) electrons. The molecule has 0 aliphatic carbocycles. The summed E-state index contributed by atoms with van der Waals surface area (Å²) in [5.74, 6) is 0.0883. The van der Waals surface area contributed by atoms with Gasteiger partial charge in [-0.3, -0.25) is 0 Å². The lowest BCUT2D eigenvalue weighted by molar-refractivity contribution is 0.0785. The molecular formula is C11H12ClFNO2. The van der Waals surface area contributed by atoms with Gasteiger partial charge in [0, 0.05) is 13.1 Å². The summed E-state index contributed by atoms with van der Waals surface area (Å²) in [6, 6.07) is 4.04. The quantitative estimate of drug-likeness (QED) is 0.882. The number of benzene rings is 1. The van der Waals surface area contributed by atoms with Crippen LogP contribution in [0.4, 0.5) is 4.39 Å². The van der Waals surface area contributed by atoms with Gasteiger partial charge in [-0.15, -0.1) is 0 Å². The Morgan fingerprint density at radius 2 is 2.38 bits per heavy atom. The molecule has 1 N–H and O–H groups in total. The van der Waals surface area contributed by atoms with Crippen LogP contribution in [0.1, 0.15) is 0 Å². The van der Waals surface area contributed by atoms with Crippen molar-refractivity contribution in [2.24, 2.45) is 0 Å². The van der Waals surface area contributed by atoms with Gasteiger partial charge in [0.15, 0.2) is 0 Å². The number of morpholine rings is 1. The number of nitrogens with one attached hydrogen (secondary N) is 1. The number of hydrogen-bond donors (Lipinski definition) is 1. The molecule has 0 aromatic heterocycles. The highest BCUT2D eigenvalue weighted by atomic mass is 35.5. The monoisotopic (exact) mass is 244 g/mol. The second kappa shape index (κ2) is 5.48. The minimum Gasteiger partial charge on any atom is -0.489 e. The molecule has 1 fully saturated rings.